The van der Waals surface area contributed by atoms with Gasteiger partial charge in [-0.15, -0.1) is 0 Å². The molecule has 17 heavy (non-hydrogen) atoms. The molecule has 0 unspecified atom stereocenters. The van der Waals surface area contributed by atoms with Crippen LogP contribution in [-0.4, -0.2) is 49.8 Å². The molecule has 2 aliphatic heterocycles. The molecule has 4 heteroatoms. The molecule has 1 amide bonds. The number of rotatable bonds is 3. The predicted molar refractivity (Wildman–Crippen MR) is 62.6 cm³/mol. The Bertz CT molecular complexity index is 308. The molecule has 96 valence electrons. The van der Waals surface area contributed by atoms with Gasteiger partial charge in [-0.05, 0) is 19.3 Å². The average molecular weight is 239 g/mol. The zero-order valence-corrected chi connectivity index (χ0v) is 10.5. The highest BCUT2D eigenvalue weighted by atomic mass is 16.5. The maximum atomic E-state index is 12.1. The van der Waals surface area contributed by atoms with E-state index in [9.17, 15) is 4.79 Å². The highest BCUT2D eigenvalue weighted by molar-refractivity contribution is 5.80. The van der Waals surface area contributed by atoms with Crippen LogP contribution in [0, 0.1) is 11.8 Å². The summed E-state index contributed by atoms with van der Waals surface area (Å²) in [5, 5.41) is 0. The molecule has 0 aromatic carbocycles. The van der Waals surface area contributed by atoms with Gasteiger partial charge in [-0.1, -0.05) is 6.42 Å². The number of carbonyl (C=O) groups excluding carboxylic acids is 1. The zero-order valence-electron chi connectivity index (χ0n) is 10.5. The minimum atomic E-state index is -0.0740. The Morgan fingerprint density at radius 3 is 2.76 bits per heavy atom. The molecule has 0 aromatic rings. The summed E-state index contributed by atoms with van der Waals surface area (Å²) < 4.78 is 11.1. The molecule has 0 radical (unpaired) electrons. The van der Waals surface area contributed by atoms with Crippen LogP contribution < -0.4 is 0 Å². The first-order valence-electron chi connectivity index (χ1n) is 6.67. The standard InChI is InChI=1S/C13H21NO3/c1-16-7-11-5-6-17-13(11)8-14(9-13)12(15)10-3-2-4-10/h10-11H,2-9H2,1H3/t11-/m1/s1. The van der Waals surface area contributed by atoms with E-state index in [0.29, 0.717) is 17.7 Å². The summed E-state index contributed by atoms with van der Waals surface area (Å²) in [6.07, 6.45) is 4.47. The van der Waals surface area contributed by atoms with Crippen molar-refractivity contribution < 1.29 is 14.3 Å². The summed E-state index contributed by atoms with van der Waals surface area (Å²) in [6, 6.07) is 0. The van der Waals surface area contributed by atoms with Gasteiger partial charge in [-0.3, -0.25) is 4.79 Å². The van der Waals surface area contributed by atoms with Crippen molar-refractivity contribution in [1.82, 2.24) is 4.90 Å². The molecule has 2 heterocycles. The number of hydrogen-bond acceptors (Lipinski definition) is 3. The molecular formula is C13H21NO3. The predicted octanol–water partition coefficient (Wildman–Crippen LogP) is 1.05. The summed E-state index contributed by atoms with van der Waals surface area (Å²) in [7, 11) is 1.74. The highest BCUT2D eigenvalue weighted by Gasteiger charge is 2.55. The van der Waals surface area contributed by atoms with Crippen LogP contribution in [0.3, 0.4) is 0 Å². The Kier molecular flexibility index (Phi) is 2.87. The smallest absolute Gasteiger partial charge is 0.225 e. The van der Waals surface area contributed by atoms with Crippen molar-refractivity contribution in [3.05, 3.63) is 0 Å². The second-order valence-corrected chi connectivity index (χ2v) is 5.68. The number of ether oxygens (including phenoxy) is 2. The van der Waals surface area contributed by atoms with Crippen molar-refractivity contribution in [1.29, 1.82) is 0 Å². The molecule has 1 saturated carbocycles. The van der Waals surface area contributed by atoms with E-state index in [0.717, 1.165) is 45.6 Å². The summed E-state index contributed by atoms with van der Waals surface area (Å²) in [5.74, 6) is 1.14. The summed E-state index contributed by atoms with van der Waals surface area (Å²) in [4.78, 5) is 14.0. The molecule has 3 fully saturated rings. The van der Waals surface area contributed by atoms with Crippen molar-refractivity contribution in [3.8, 4) is 0 Å². The molecule has 2 saturated heterocycles. The van der Waals surface area contributed by atoms with Gasteiger partial charge in [0.2, 0.25) is 5.91 Å². The SMILES string of the molecule is COC[C@H]1CCOC12CN(C(=O)C1CCC1)C2. The average Bonchev–Trinajstić information content (AvgIpc) is 2.56. The van der Waals surface area contributed by atoms with E-state index in [1.165, 1.54) is 6.42 Å². The Balaban J connectivity index is 1.56. The fourth-order valence-corrected chi connectivity index (χ4v) is 3.24. The van der Waals surface area contributed by atoms with Gasteiger partial charge < -0.3 is 14.4 Å². The van der Waals surface area contributed by atoms with Gasteiger partial charge >= 0.3 is 0 Å². The lowest BCUT2D eigenvalue weighted by atomic mass is 9.78. The van der Waals surface area contributed by atoms with Crippen molar-refractivity contribution in [3.63, 3.8) is 0 Å². The third kappa shape index (κ3) is 1.78. The summed E-state index contributed by atoms with van der Waals surface area (Å²) in [6.45, 7) is 3.15. The highest BCUT2D eigenvalue weighted by Crippen LogP contribution is 2.41. The Hall–Kier alpha value is -0.610. The monoisotopic (exact) mass is 239 g/mol. The summed E-state index contributed by atoms with van der Waals surface area (Å²) >= 11 is 0. The lowest BCUT2D eigenvalue weighted by Crippen LogP contribution is -2.67. The maximum absolute atomic E-state index is 12.1. The van der Waals surface area contributed by atoms with Gasteiger partial charge in [0.1, 0.15) is 5.60 Å². The van der Waals surface area contributed by atoms with Crippen molar-refractivity contribution in [2.45, 2.75) is 31.3 Å². The number of carbonyl (C=O) groups is 1. The largest absolute Gasteiger partial charge is 0.384 e. The number of methoxy groups -OCH3 is 1. The second kappa shape index (κ2) is 4.25. The Labute approximate surface area is 102 Å². The number of nitrogens with zero attached hydrogens (tertiary/aromatic N) is 1. The van der Waals surface area contributed by atoms with Gasteiger partial charge in [0, 0.05) is 25.6 Å². The lowest BCUT2D eigenvalue weighted by molar-refractivity contribution is -0.173. The van der Waals surface area contributed by atoms with Crippen LogP contribution in [0.5, 0.6) is 0 Å². The number of amides is 1. The molecule has 1 atom stereocenters. The molecule has 4 nitrogen and oxygen atoms in total. The Morgan fingerprint density at radius 1 is 1.41 bits per heavy atom. The van der Waals surface area contributed by atoms with Crippen LogP contribution in [-0.2, 0) is 14.3 Å². The first kappa shape index (κ1) is 11.5. The number of likely N-dealkylation sites (tertiary alicyclic amines) is 1. The fourth-order valence-electron chi connectivity index (χ4n) is 3.24. The Morgan fingerprint density at radius 2 is 2.18 bits per heavy atom. The molecule has 3 aliphatic rings. The first-order valence-corrected chi connectivity index (χ1v) is 6.67. The van der Waals surface area contributed by atoms with Crippen LogP contribution in [0.4, 0.5) is 0 Å². The quantitative estimate of drug-likeness (QED) is 0.739. The fraction of sp³-hybridized carbons (Fsp3) is 0.923. The molecular weight excluding hydrogens is 218 g/mol. The molecule has 0 N–H and O–H groups in total. The van der Waals surface area contributed by atoms with Gasteiger partial charge in [-0.2, -0.15) is 0 Å². The van der Waals surface area contributed by atoms with E-state index in [1.807, 2.05) is 4.90 Å². The van der Waals surface area contributed by atoms with Crippen LogP contribution in [0.2, 0.25) is 0 Å². The van der Waals surface area contributed by atoms with Gasteiger partial charge in [-0.25, -0.2) is 0 Å². The molecule has 3 rings (SSSR count). The van der Waals surface area contributed by atoms with E-state index in [-0.39, 0.29) is 5.60 Å². The molecule has 0 bridgehead atoms. The first-order chi connectivity index (χ1) is 8.25. The van der Waals surface area contributed by atoms with Crippen LogP contribution in [0.25, 0.3) is 0 Å². The molecule has 0 aromatic heterocycles. The van der Waals surface area contributed by atoms with E-state index in [1.54, 1.807) is 7.11 Å². The minimum absolute atomic E-state index is 0.0740. The minimum Gasteiger partial charge on any atom is -0.384 e. The van der Waals surface area contributed by atoms with E-state index < -0.39 is 0 Å². The normalized spacial score (nSPS) is 31.4. The molecule has 1 aliphatic carbocycles. The second-order valence-electron chi connectivity index (χ2n) is 5.68. The van der Waals surface area contributed by atoms with E-state index in [4.69, 9.17) is 9.47 Å². The van der Waals surface area contributed by atoms with E-state index >= 15 is 0 Å². The van der Waals surface area contributed by atoms with E-state index in [2.05, 4.69) is 0 Å². The third-order valence-corrected chi connectivity index (χ3v) is 4.65. The lowest BCUT2D eigenvalue weighted by Gasteiger charge is -2.51. The van der Waals surface area contributed by atoms with Crippen LogP contribution in [0.15, 0.2) is 0 Å². The van der Waals surface area contributed by atoms with Crippen LogP contribution >= 0.6 is 0 Å². The van der Waals surface area contributed by atoms with Gasteiger partial charge in [0.25, 0.3) is 0 Å². The van der Waals surface area contributed by atoms with Gasteiger partial charge in [0.05, 0.1) is 19.7 Å². The topological polar surface area (TPSA) is 38.8 Å². The summed E-state index contributed by atoms with van der Waals surface area (Å²) in [5.41, 5.74) is -0.0740. The van der Waals surface area contributed by atoms with Crippen molar-refractivity contribution in [2.24, 2.45) is 11.8 Å². The molecule has 1 spiro atoms. The number of hydrogen-bond donors (Lipinski definition) is 0. The van der Waals surface area contributed by atoms with Crippen LogP contribution in [0.1, 0.15) is 25.7 Å². The van der Waals surface area contributed by atoms with Gasteiger partial charge in [0.15, 0.2) is 0 Å². The van der Waals surface area contributed by atoms with Crippen molar-refractivity contribution in [2.75, 3.05) is 33.4 Å². The maximum Gasteiger partial charge on any atom is 0.225 e. The zero-order chi connectivity index (χ0) is 11.9. The van der Waals surface area contributed by atoms with Crippen molar-refractivity contribution >= 4 is 5.91 Å². The third-order valence-electron chi connectivity index (χ3n) is 4.65.